The molecule has 1 aliphatic rings. The number of aromatic nitrogens is 3. The SMILES string of the molecule is Cc1cccc(-c2n[nH]c(=S)n2CC(=O)NCc2ccc(OC3CCCCC3)cc2)c1. The van der Waals surface area contributed by atoms with E-state index in [0.29, 0.717) is 23.2 Å². The van der Waals surface area contributed by atoms with Crippen LogP contribution in [0.2, 0.25) is 0 Å². The highest BCUT2D eigenvalue weighted by atomic mass is 32.1. The van der Waals surface area contributed by atoms with Crippen molar-refractivity contribution in [3.05, 3.63) is 64.4 Å². The van der Waals surface area contributed by atoms with E-state index in [4.69, 9.17) is 17.0 Å². The molecule has 6 nitrogen and oxygen atoms in total. The van der Waals surface area contributed by atoms with E-state index in [2.05, 4.69) is 15.5 Å². The van der Waals surface area contributed by atoms with Crippen LogP contribution >= 0.6 is 12.2 Å². The molecule has 3 aromatic rings. The van der Waals surface area contributed by atoms with Gasteiger partial charge in [-0.05, 0) is 68.6 Å². The first-order chi connectivity index (χ1) is 15.1. The van der Waals surface area contributed by atoms with Gasteiger partial charge in [0.15, 0.2) is 10.6 Å². The van der Waals surface area contributed by atoms with Gasteiger partial charge >= 0.3 is 0 Å². The summed E-state index contributed by atoms with van der Waals surface area (Å²) in [5, 5.41) is 10.1. The van der Waals surface area contributed by atoms with Crippen molar-refractivity contribution in [3.63, 3.8) is 0 Å². The van der Waals surface area contributed by atoms with Crippen LogP contribution < -0.4 is 10.1 Å². The number of carbonyl (C=O) groups excluding carboxylic acids is 1. The fraction of sp³-hybridized carbons (Fsp3) is 0.375. The predicted octanol–water partition coefficient (Wildman–Crippen LogP) is 4.94. The zero-order valence-electron chi connectivity index (χ0n) is 17.8. The Morgan fingerprint density at radius 3 is 2.71 bits per heavy atom. The summed E-state index contributed by atoms with van der Waals surface area (Å²) in [5.41, 5.74) is 3.08. The molecule has 0 bridgehead atoms. The highest BCUT2D eigenvalue weighted by Crippen LogP contribution is 2.23. The second-order valence-electron chi connectivity index (χ2n) is 8.11. The van der Waals surface area contributed by atoms with E-state index < -0.39 is 0 Å². The van der Waals surface area contributed by atoms with Gasteiger partial charge in [-0.25, -0.2) is 0 Å². The molecule has 0 spiro atoms. The third-order valence-corrected chi connectivity index (χ3v) is 5.92. The average Bonchev–Trinajstić information content (AvgIpc) is 3.14. The number of rotatable bonds is 7. The molecule has 1 fully saturated rings. The van der Waals surface area contributed by atoms with Crippen LogP contribution in [0.3, 0.4) is 0 Å². The van der Waals surface area contributed by atoms with Crippen LogP contribution in [-0.2, 0) is 17.9 Å². The van der Waals surface area contributed by atoms with Crippen molar-refractivity contribution in [1.82, 2.24) is 20.1 Å². The number of hydrogen-bond acceptors (Lipinski definition) is 4. The van der Waals surface area contributed by atoms with E-state index in [9.17, 15) is 4.79 Å². The minimum Gasteiger partial charge on any atom is -0.490 e. The Morgan fingerprint density at radius 1 is 1.19 bits per heavy atom. The van der Waals surface area contributed by atoms with Gasteiger partial charge in [0, 0.05) is 12.1 Å². The minimum atomic E-state index is -0.117. The van der Waals surface area contributed by atoms with Crippen LogP contribution in [0.15, 0.2) is 48.5 Å². The number of nitrogens with one attached hydrogen (secondary N) is 2. The van der Waals surface area contributed by atoms with Gasteiger partial charge in [0.2, 0.25) is 5.91 Å². The molecule has 31 heavy (non-hydrogen) atoms. The number of hydrogen-bond donors (Lipinski definition) is 2. The molecule has 0 radical (unpaired) electrons. The zero-order valence-corrected chi connectivity index (χ0v) is 18.6. The molecule has 0 atom stereocenters. The van der Waals surface area contributed by atoms with E-state index in [-0.39, 0.29) is 12.5 Å². The van der Waals surface area contributed by atoms with E-state index in [1.807, 2.05) is 55.5 Å². The molecule has 0 aliphatic heterocycles. The molecule has 1 heterocycles. The summed E-state index contributed by atoms with van der Waals surface area (Å²) in [5.74, 6) is 1.44. The van der Waals surface area contributed by atoms with Crippen LogP contribution in [0, 0.1) is 11.7 Å². The van der Waals surface area contributed by atoms with Crippen molar-refractivity contribution < 1.29 is 9.53 Å². The Balaban J connectivity index is 1.34. The Labute approximate surface area is 187 Å². The van der Waals surface area contributed by atoms with Gasteiger partial charge < -0.3 is 10.1 Å². The largest absolute Gasteiger partial charge is 0.490 e. The second kappa shape index (κ2) is 9.92. The molecule has 2 N–H and O–H groups in total. The standard InChI is InChI=1S/C24H28N4O2S/c1-17-6-5-7-19(14-17)23-26-27-24(31)28(23)16-22(29)25-15-18-10-12-21(13-11-18)30-20-8-3-2-4-9-20/h5-7,10-14,20H,2-4,8-9,15-16H2,1H3,(H,25,29)(H,27,31). The molecular formula is C24H28N4O2S. The first-order valence-corrected chi connectivity index (χ1v) is 11.2. The first kappa shape index (κ1) is 21.3. The first-order valence-electron chi connectivity index (χ1n) is 10.8. The van der Waals surface area contributed by atoms with Crippen molar-refractivity contribution in [2.75, 3.05) is 0 Å². The molecule has 0 saturated heterocycles. The van der Waals surface area contributed by atoms with E-state index in [0.717, 1.165) is 35.3 Å². The lowest BCUT2D eigenvalue weighted by atomic mass is 9.98. The maximum absolute atomic E-state index is 12.6. The summed E-state index contributed by atoms with van der Waals surface area (Å²) in [7, 11) is 0. The molecule has 1 saturated carbocycles. The van der Waals surface area contributed by atoms with Crippen molar-refractivity contribution in [2.45, 2.75) is 58.2 Å². The van der Waals surface area contributed by atoms with Gasteiger partial charge in [-0.15, -0.1) is 0 Å². The van der Waals surface area contributed by atoms with Gasteiger partial charge in [0.05, 0.1) is 6.10 Å². The van der Waals surface area contributed by atoms with Gasteiger partial charge in [0.1, 0.15) is 12.3 Å². The number of benzene rings is 2. The molecule has 7 heteroatoms. The van der Waals surface area contributed by atoms with E-state index >= 15 is 0 Å². The second-order valence-corrected chi connectivity index (χ2v) is 8.49. The Bertz CT molecular complexity index is 1080. The van der Waals surface area contributed by atoms with Crippen molar-refractivity contribution >= 4 is 18.1 Å². The van der Waals surface area contributed by atoms with Gasteiger partial charge in [0.25, 0.3) is 0 Å². The van der Waals surface area contributed by atoms with Gasteiger partial charge in [-0.2, -0.15) is 5.10 Å². The zero-order chi connectivity index (χ0) is 21.6. The summed E-state index contributed by atoms with van der Waals surface area (Å²) < 4.78 is 8.22. The molecule has 2 aromatic carbocycles. The molecule has 4 rings (SSSR count). The number of aryl methyl sites for hydroxylation is 1. The number of ether oxygens (including phenoxy) is 1. The maximum Gasteiger partial charge on any atom is 0.240 e. The normalized spacial score (nSPS) is 14.4. The summed E-state index contributed by atoms with van der Waals surface area (Å²) in [6.07, 6.45) is 6.43. The van der Waals surface area contributed by atoms with E-state index in [1.54, 1.807) is 4.57 Å². The predicted molar refractivity (Wildman–Crippen MR) is 123 cm³/mol. The summed E-state index contributed by atoms with van der Waals surface area (Å²) in [6, 6.07) is 15.9. The lowest BCUT2D eigenvalue weighted by Gasteiger charge is -2.23. The Kier molecular flexibility index (Phi) is 6.82. The molecule has 1 amide bonds. The van der Waals surface area contributed by atoms with Crippen molar-refractivity contribution in [3.8, 4) is 17.1 Å². The molecular weight excluding hydrogens is 408 g/mol. The van der Waals surface area contributed by atoms with Gasteiger partial charge in [-0.3, -0.25) is 14.5 Å². The smallest absolute Gasteiger partial charge is 0.240 e. The monoisotopic (exact) mass is 436 g/mol. The van der Waals surface area contributed by atoms with Crippen LogP contribution in [0.1, 0.15) is 43.2 Å². The van der Waals surface area contributed by atoms with Crippen LogP contribution in [0.4, 0.5) is 0 Å². The number of nitrogens with zero attached hydrogens (tertiary/aromatic N) is 2. The quantitative estimate of drug-likeness (QED) is 0.515. The molecule has 1 aliphatic carbocycles. The average molecular weight is 437 g/mol. The topological polar surface area (TPSA) is 71.9 Å². The fourth-order valence-corrected chi connectivity index (χ4v) is 4.13. The third kappa shape index (κ3) is 5.61. The summed E-state index contributed by atoms with van der Waals surface area (Å²) >= 11 is 5.33. The molecule has 0 unspecified atom stereocenters. The Morgan fingerprint density at radius 2 is 1.97 bits per heavy atom. The molecule has 1 aromatic heterocycles. The number of amides is 1. The lowest BCUT2D eigenvalue weighted by molar-refractivity contribution is -0.121. The maximum atomic E-state index is 12.6. The molecule has 162 valence electrons. The number of H-pyrrole nitrogens is 1. The van der Waals surface area contributed by atoms with Crippen molar-refractivity contribution in [1.29, 1.82) is 0 Å². The third-order valence-electron chi connectivity index (χ3n) is 5.60. The van der Waals surface area contributed by atoms with Crippen LogP contribution in [-0.4, -0.2) is 26.8 Å². The highest BCUT2D eigenvalue weighted by Gasteiger charge is 2.15. The fourth-order valence-electron chi connectivity index (χ4n) is 3.93. The van der Waals surface area contributed by atoms with Crippen LogP contribution in [0.25, 0.3) is 11.4 Å². The van der Waals surface area contributed by atoms with E-state index in [1.165, 1.54) is 19.3 Å². The van der Waals surface area contributed by atoms with Crippen LogP contribution in [0.5, 0.6) is 5.75 Å². The Hall–Kier alpha value is -2.93. The minimum absolute atomic E-state index is 0.113. The van der Waals surface area contributed by atoms with Gasteiger partial charge in [-0.1, -0.05) is 42.3 Å². The summed E-state index contributed by atoms with van der Waals surface area (Å²) in [4.78, 5) is 12.6. The summed E-state index contributed by atoms with van der Waals surface area (Å²) in [6.45, 7) is 2.59. The van der Waals surface area contributed by atoms with Crippen molar-refractivity contribution in [2.24, 2.45) is 0 Å². The lowest BCUT2D eigenvalue weighted by Crippen LogP contribution is -2.27. The highest BCUT2D eigenvalue weighted by molar-refractivity contribution is 7.71. The number of carbonyl (C=O) groups is 1. The number of aromatic amines is 1.